The number of hydrogen-bond acceptors (Lipinski definition) is 0. The van der Waals surface area contributed by atoms with Crippen molar-refractivity contribution in [1.82, 2.24) is 4.98 Å². The Morgan fingerprint density at radius 3 is 1.93 bits per heavy atom. The van der Waals surface area contributed by atoms with Crippen LogP contribution in [0.5, 0.6) is 0 Å². The van der Waals surface area contributed by atoms with Crippen LogP contribution in [0, 0.1) is 0 Å². The largest absolute Gasteiger partial charge is 0.353 e. The highest BCUT2D eigenvalue weighted by Crippen LogP contribution is 2.42. The maximum Gasteiger partial charge on any atom is 0.0551 e. The number of hydrogen-bond donors (Lipinski definition) is 1. The predicted octanol–water partition coefficient (Wildman–Crippen LogP) is 7.82. The number of fused-ring (bicyclic) bond motifs is 6. The van der Waals surface area contributed by atoms with Gasteiger partial charge in [-0.1, -0.05) is 98.6 Å². The third-order valence-electron chi connectivity index (χ3n) is 5.31. The lowest BCUT2D eigenvalue weighted by Crippen LogP contribution is -1.89. The van der Waals surface area contributed by atoms with Crippen LogP contribution < -0.4 is 0 Å². The maximum absolute atomic E-state index is 4.06. The molecule has 0 amide bonds. The first-order chi connectivity index (χ1) is 13.7. The molecule has 0 saturated carbocycles. The Balaban J connectivity index is 2.35. The Kier molecular flexibility index (Phi) is 4.58. The number of rotatable bonds is 5. The zero-order chi connectivity index (χ0) is 19.7. The lowest BCUT2D eigenvalue weighted by Gasteiger charge is -2.10. The molecular weight excluding hydrogens is 338 g/mol. The molecule has 0 atom stereocenters. The fourth-order valence-electron chi connectivity index (χ4n) is 4.09. The average molecular weight is 361 g/mol. The molecule has 0 spiro atoms. The second-order valence-electron chi connectivity index (χ2n) is 6.73. The molecule has 0 unspecified atom stereocenters. The van der Waals surface area contributed by atoms with E-state index in [-0.39, 0.29) is 0 Å². The number of nitrogens with one attached hydrogen (secondary N) is 1. The Labute approximate surface area is 165 Å². The van der Waals surface area contributed by atoms with Crippen molar-refractivity contribution in [3.05, 3.63) is 110 Å². The van der Waals surface area contributed by atoms with Crippen molar-refractivity contribution in [1.29, 1.82) is 0 Å². The molecule has 0 bridgehead atoms. The van der Waals surface area contributed by atoms with Crippen LogP contribution in [-0.2, 0) is 0 Å². The van der Waals surface area contributed by atoms with Gasteiger partial charge in [-0.2, -0.15) is 0 Å². The first kappa shape index (κ1) is 17.8. The molecule has 1 nitrogen and oxygen atoms in total. The van der Waals surface area contributed by atoms with Crippen molar-refractivity contribution in [3.63, 3.8) is 0 Å². The second-order valence-corrected chi connectivity index (χ2v) is 6.73. The maximum atomic E-state index is 4.06. The third kappa shape index (κ3) is 2.56. The van der Waals surface area contributed by atoms with Gasteiger partial charge in [0.1, 0.15) is 0 Å². The van der Waals surface area contributed by atoms with Gasteiger partial charge in [-0.05, 0) is 34.2 Å². The van der Waals surface area contributed by atoms with Gasteiger partial charge in [-0.15, -0.1) is 0 Å². The van der Waals surface area contributed by atoms with Crippen LogP contribution in [0.15, 0.2) is 98.6 Å². The lowest BCUT2D eigenvalue weighted by atomic mass is 9.92. The number of allylic oxidation sites excluding steroid dienone is 7. The summed E-state index contributed by atoms with van der Waals surface area (Å²) < 4.78 is 0. The minimum atomic E-state index is 1.01. The van der Waals surface area contributed by atoms with Gasteiger partial charge in [0.15, 0.2) is 0 Å². The normalized spacial score (nSPS) is 12.6. The van der Waals surface area contributed by atoms with Gasteiger partial charge >= 0.3 is 0 Å². The molecule has 3 aromatic carbocycles. The van der Waals surface area contributed by atoms with Gasteiger partial charge < -0.3 is 4.98 Å². The number of benzene rings is 3. The number of aromatic nitrogens is 1. The first-order valence-corrected chi connectivity index (χ1v) is 9.44. The smallest absolute Gasteiger partial charge is 0.0551 e. The van der Waals surface area contributed by atoms with E-state index < -0.39 is 0 Å². The van der Waals surface area contributed by atoms with Crippen LogP contribution in [0.3, 0.4) is 0 Å². The minimum absolute atomic E-state index is 1.01. The van der Waals surface area contributed by atoms with Crippen molar-refractivity contribution >= 4 is 43.6 Å². The highest BCUT2D eigenvalue weighted by atomic mass is 14.7. The van der Waals surface area contributed by atoms with Crippen molar-refractivity contribution in [2.75, 3.05) is 0 Å². The highest BCUT2D eigenvalue weighted by molar-refractivity contribution is 6.27. The monoisotopic (exact) mass is 361 g/mol. The molecule has 4 rings (SSSR count). The summed E-state index contributed by atoms with van der Waals surface area (Å²) in [4.78, 5) is 3.71. The molecule has 136 valence electrons. The quantitative estimate of drug-likeness (QED) is 0.275. The molecule has 1 N–H and O–H groups in total. The fourth-order valence-corrected chi connectivity index (χ4v) is 4.09. The van der Waals surface area contributed by atoms with Crippen molar-refractivity contribution in [3.8, 4) is 0 Å². The summed E-state index contributed by atoms with van der Waals surface area (Å²) in [5.74, 6) is 0. The van der Waals surface area contributed by atoms with Crippen LogP contribution in [0.4, 0.5) is 0 Å². The van der Waals surface area contributed by atoms with Gasteiger partial charge in [0.05, 0.1) is 11.2 Å². The van der Waals surface area contributed by atoms with Crippen LogP contribution in [-0.4, -0.2) is 4.98 Å². The Hall–Kier alpha value is -3.58. The predicted molar refractivity (Wildman–Crippen MR) is 126 cm³/mol. The van der Waals surface area contributed by atoms with E-state index in [0.29, 0.717) is 0 Å². The van der Waals surface area contributed by atoms with E-state index in [4.69, 9.17) is 0 Å². The Bertz CT molecular complexity index is 1310. The summed E-state index contributed by atoms with van der Waals surface area (Å²) in [6, 6.07) is 17.2. The molecule has 0 fully saturated rings. The van der Waals surface area contributed by atoms with E-state index in [9.17, 15) is 0 Å². The van der Waals surface area contributed by atoms with Crippen LogP contribution in [0.25, 0.3) is 43.6 Å². The van der Waals surface area contributed by atoms with Gasteiger partial charge in [0, 0.05) is 16.3 Å². The van der Waals surface area contributed by atoms with E-state index >= 15 is 0 Å². The van der Waals surface area contributed by atoms with Crippen LogP contribution >= 0.6 is 0 Å². The first-order valence-electron chi connectivity index (χ1n) is 9.44. The van der Waals surface area contributed by atoms with E-state index in [1.807, 2.05) is 25.2 Å². The zero-order valence-corrected chi connectivity index (χ0v) is 16.1. The molecule has 4 aromatic rings. The third-order valence-corrected chi connectivity index (χ3v) is 5.31. The fraction of sp³-hybridized carbons (Fsp3) is 0.0370. The molecule has 0 aliphatic carbocycles. The molecule has 0 radical (unpaired) electrons. The number of H-pyrrole nitrogens is 1. The van der Waals surface area contributed by atoms with Crippen molar-refractivity contribution in [2.24, 2.45) is 0 Å². The Morgan fingerprint density at radius 2 is 1.36 bits per heavy atom. The van der Waals surface area contributed by atoms with Gasteiger partial charge in [0.2, 0.25) is 0 Å². The number of aromatic amines is 1. The van der Waals surface area contributed by atoms with Crippen molar-refractivity contribution in [2.45, 2.75) is 6.92 Å². The average Bonchev–Trinajstić information content (AvgIpc) is 3.14. The van der Waals surface area contributed by atoms with Gasteiger partial charge in [-0.25, -0.2) is 0 Å². The van der Waals surface area contributed by atoms with Crippen LogP contribution in [0.1, 0.15) is 18.2 Å². The molecule has 1 heteroatoms. The van der Waals surface area contributed by atoms with Gasteiger partial charge in [-0.3, -0.25) is 0 Å². The van der Waals surface area contributed by atoms with Gasteiger partial charge in [0.25, 0.3) is 0 Å². The lowest BCUT2D eigenvalue weighted by molar-refractivity contribution is 1.40. The topological polar surface area (TPSA) is 15.8 Å². The molecule has 1 heterocycles. The van der Waals surface area contributed by atoms with Crippen LogP contribution in [0.2, 0.25) is 0 Å². The van der Waals surface area contributed by atoms with E-state index in [1.54, 1.807) is 6.08 Å². The molecule has 0 aliphatic heterocycles. The minimum Gasteiger partial charge on any atom is -0.353 e. The summed E-state index contributed by atoms with van der Waals surface area (Å²) in [6.45, 7) is 14.0. The van der Waals surface area contributed by atoms with E-state index in [0.717, 1.165) is 27.9 Å². The standard InChI is InChI=1S/C27H23N/c1-5-13-19(8-4)26-24(18(6-2)7-3)25-22-16-11-9-14-20(22)21-15-10-12-17-23(21)27(25)28-26/h5-17,28H,1-2,4H2,3H3/b18-7+,19-13+. The summed E-state index contributed by atoms with van der Waals surface area (Å²) in [7, 11) is 0. The summed E-state index contributed by atoms with van der Waals surface area (Å²) in [5, 5.41) is 6.17. The molecule has 0 aliphatic rings. The summed E-state index contributed by atoms with van der Waals surface area (Å²) in [5.41, 5.74) is 5.44. The molecule has 1 aromatic heterocycles. The van der Waals surface area contributed by atoms with Crippen molar-refractivity contribution < 1.29 is 0 Å². The second kappa shape index (κ2) is 7.21. The molecule has 28 heavy (non-hydrogen) atoms. The van der Waals surface area contributed by atoms with E-state index in [2.05, 4.69) is 79.3 Å². The molecular formula is C27H23N. The zero-order valence-electron chi connectivity index (χ0n) is 16.1. The van der Waals surface area contributed by atoms with E-state index in [1.165, 1.54) is 26.9 Å². The molecule has 0 saturated heterocycles. The highest BCUT2D eigenvalue weighted by Gasteiger charge is 2.20. The Morgan fingerprint density at radius 1 is 0.786 bits per heavy atom. The summed E-state index contributed by atoms with van der Waals surface area (Å²) >= 11 is 0. The summed E-state index contributed by atoms with van der Waals surface area (Å²) in [6.07, 6.45) is 9.69. The SMILES string of the molecule is C=C/C=C(\C=C)c1[nH]c2c3ccccc3c3ccccc3c2c1/C(C=C)=C/C.